The van der Waals surface area contributed by atoms with Gasteiger partial charge in [-0.05, 0) is 104 Å². The summed E-state index contributed by atoms with van der Waals surface area (Å²) in [4.78, 5) is 44.0. The molecule has 0 saturated carbocycles. The van der Waals surface area contributed by atoms with Crippen LogP contribution >= 0.6 is 0 Å². The summed E-state index contributed by atoms with van der Waals surface area (Å²) >= 11 is 0. The van der Waals surface area contributed by atoms with Gasteiger partial charge in [0.15, 0.2) is 12.3 Å². The maximum absolute atomic E-state index is 12.6. The van der Waals surface area contributed by atoms with Gasteiger partial charge in [0.2, 0.25) is 5.69 Å². The summed E-state index contributed by atoms with van der Waals surface area (Å²) in [6.45, 7) is 12.4. The third-order valence-corrected chi connectivity index (χ3v) is 14.6. The molecule has 3 aromatic carbocycles. The Morgan fingerprint density at radius 2 is 1.46 bits per heavy atom. The molecule has 0 unspecified atom stereocenters. The van der Waals surface area contributed by atoms with E-state index in [9.17, 15) is 27.4 Å². The molecule has 7 rings (SSSR count). The number of imide groups is 1. The lowest BCUT2D eigenvalue weighted by Crippen LogP contribution is -2.37. The highest BCUT2D eigenvalue weighted by Gasteiger charge is 2.45. The van der Waals surface area contributed by atoms with Gasteiger partial charge in [-0.3, -0.25) is 14.1 Å². The average Bonchev–Trinajstić information content (AvgIpc) is 3.78. The van der Waals surface area contributed by atoms with Gasteiger partial charge >= 0.3 is 5.97 Å². The van der Waals surface area contributed by atoms with E-state index in [1.54, 1.807) is 6.07 Å². The largest absolute Gasteiger partial charge is 0.457 e. The van der Waals surface area contributed by atoms with Crippen molar-refractivity contribution in [1.29, 1.82) is 0 Å². The molecular weight excluding hydrogens is 891 g/mol. The van der Waals surface area contributed by atoms with Gasteiger partial charge in [0.05, 0.1) is 78.5 Å². The zero-order chi connectivity index (χ0) is 50.1. The molecule has 0 aromatic heterocycles. The van der Waals surface area contributed by atoms with Crippen LogP contribution < -0.4 is 9.64 Å². The van der Waals surface area contributed by atoms with E-state index in [0.29, 0.717) is 17.2 Å². The summed E-state index contributed by atoms with van der Waals surface area (Å²) in [5.74, 6) is -0.257. The van der Waals surface area contributed by atoms with Crippen LogP contribution in [-0.2, 0) is 46.6 Å². The van der Waals surface area contributed by atoms with Gasteiger partial charge in [0, 0.05) is 60.3 Å². The number of nitrogens with zero attached hydrogens (tertiary/aromatic N) is 5. The molecule has 0 radical (unpaired) electrons. The molecule has 1 N–H and O–H groups in total. The maximum atomic E-state index is 12.6. The van der Waals surface area contributed by atoms with Crippen LogP contribution in [0.15, 0.2) is 119 Å². The van der Waals surface area contributed by atoms with Gasteiger partial charge in [-0.1, -0.05) is 50.3 Å². The van der Waals surface area contributed by atoms with Crippen molar-refractivity contribution in [3.63, 3.8) is 0 Å². The van der Waals surface area contributed by atoms with Crippen LogP contribution in [0.4, 0.5) is 11.4 Å². The number of anilines is 1. The van der Waals surface area contributed by atoms with Crippen molar-refractivity contribution in [2.24, 2.45) is 0 Å². The summed E-state index contributed by atoms with van der Waals surface area (Å²) in [5.41, 5.74) is 8.69. The minimum atomic E-state index is -4.42. The lowest BCUT2D eigenvalue weighted by molar-refractivity contribution is -0.871. The van der Waals surface area contributed by atoms with Crippen molar-refractivity contribution in [2.75, 3.05) is 73.4 Å². The molecule has 368 valence electrons. The van der Waals surface area contributed by atoms with E-state index in [0.717, 1.165) is 107 Å². The Bertz CT molecular complexity index is 2750. The van der Waals surface area contributed by atoms with Crippen LogP contribution in [0.2, 0.25) is 0 Å². The van der Waals surface area contributed by atoms with Crippen molar-refractivity contribution in [1.82, 2.24) is 5.06 Å². The number of benzene rings is 3. The Morgan fingerprint density at radius 3 is 2.13 bits per heavy atom. The Kier molecular flexibility index (Phi) is 14.8. The predicted molar refractivity (Wildman–Crippen MR) is 270 cm³/mol. The second kappa shape index (κ2) is 20.0. The molecule has 69 heavy (non-hydrogen) atoms. The first-order chi connectivity index (χ1) is 32.3. The number of ether oxygens (including phenoxy) is 1. The van der Waals surface area contributed by atoms with Gasteiger partial charge in [0.25, 0.3) is 21.9 Å². The average molecular weight is 963 g/mol. The van der Waals surface area contributed by atoms with Gasteiger partial charge in [-0.25, -0.2) is 4.79 Å². The monoisotopic (exact) mass is 963 g/mol. The number of hydrogen-bond acceptors (Lipinski definition) is 8. The molecule has 4 aliphatic rings. The van der Waals surface area contributed by atoms with E-state index in [1.807, 2.05) is 30.3 Å². The molecule has 3 aromatic rings. The van der Waals surface area contributed by atoms with E-state index in [1.165, 1.54) is 23.0 Å². The maximum Gasteiger partial charge on any atom is 0.333 e. The number of aryl methyl sites for hydroxylation is 1. The number of carbonyl (C=O) groups is 3. The number of allylic oxidation sites excluding steroid dienone is 7. The fourth-order valence-corrected chi connectivity index (χ4v) is 10.5. The zero-order valence-corrected chi connectivity index (χ0v) is 43.1. The van der Waals surface area contributed by atoms with Crippen molar-refractivity contribution < 1.29 is 50.5 Å². The lowest BCUT2D eigenvalue weighted by Gasteiger charge is -2.29. The van der Waals surface area contributed by atoms with Crippen LogP contribution in [0.3, 0.4) is 0 Å². The van der Waals surface area contributed by atoms with Crippen LogP contribution in [-0.4, -0.2) is 124 Å². The number of carbonyl (C=O) groups excluding carboxylic acids is 3. The number of amides is 2. The van der Waals surface area contributed by atoms with Crippen molar-refractivity contribution in [2.45, 2.75) is 101 Å². The number of quaternary nitrogens is 2. The smallest absolute Gasteiger partial charge is 0.333 e. The molecule has 2 amide bonds. The standard InChI is InChI=1S/C55H71N5O8S/c1-54(2)44-18-11-12-19-46(44)56(34-14-36-59(5,6)7)48(54)29-23-40-16-13-17-41(53(40)67-42-25-20-39(21-26-42)22-33-52(63)68-58-50(61)31-32-51(58)62)24-30-49-55(3,4)45-38-43(69(64,65)66)27-28-47(45)57(49)35-15-37-60(8,9)10/h11-12,18-21,23-30,38H,13-17,22,31-37H2,1-10H3/q+2/p+1. The predicted octanol–water partition coefficient (Wildman–Crippen LogP) is 8.72. The summed E-state index contributed by atoms with van der Waals surface area (Å²) in [6.07, 6.45) is 13.7. The first-order valence-electron chi connectivity index (χ1n) is 24.2. The van der Waals surface area contributed by atoms with E-state index in [-0.39, 0.29) is 29.6 Å². The fraction of sp³-hybridized carbons (Fsp3) is 0.455. The van der Waals surface area contributed by atoms with E-state index in [4.69, 9.17) is 9.57 Å². The van der Waals surface area contributed by atoms with Crippen LogP contribution in [0.5, 0.6) is 5.75 Å². The van der Waals surface area contributed by atoms with Crippen LogP contribution in [0, 0.1) is 0 Å². The second-order valence-corrected chi connectivity index (χ2v) is 23.3. The van der Waals surface area contributed by atoms with Crippen molar-refractivity contribution >= 4 is 45.0 Å². The molecule has 3 heterocycles. The highest BCUT2D eigenvalue weighted by Crippen LogP contribution is 2.48. The highest BCUT2D eigenvalue weighted by molar-refractivity contribution is 7.85. The molecule has 14 heteroatoms. The van der Waals surface area contributed by atoms with E-state index in [2.05, 4.69) is 128 Å². The fourth-order valence-electron chi connectivity index (χ4n) is 9.95. The summed E-state index contributed by atoms with van der Waals surface area (Å²) in [6, 6.07) is 21.2. The third kappa shape index (κ3) is 11.9. The molecule has 0 atom stereocenters. The summed E-state index contributed by atoms with van der Waals surface area (Å²) in [7, 11) is 8.80. The van der Waals surface area contributed by atoms with Crippen LogP contribution in [0.1, 0.15) is 95.8 Å². The van der Waals surface area contributed by atoms with Crippen LogP contribution in [0.25, 0.3) is 0 Å². The molecule has 1 saturated heterocycles. The molecule has 1 fully saturated rings. The number of para-hydroxylation sites is 1. The number of hydrogen-bond donors (Lipinski definition) is 1. The highest BCUT2D eigenvalue weighted by atomic mass is 32.2. The molecule has 13 nitrogen and oxygen atoms in total. The molecule has 0 spiro atoms. The Morgan fingerprint density at radius 1 is 0.797 bits per heavy atom. The van der Waals surface area contributed by atoms with E-state index < -0.39 is 33.3 Å². The second-order valence-electron chi connectivity index (χ2n) is 21.9. The molecule has 0 bridgehead atoms. The van der Waals surface area contributed by atoms with E-state index >= 15 is 0 Å². The summed E-state index contributed by atoms with van der Waals surface area (Å²) < 4.78 is 45.8. The quantitative estimate of drug-likeness (QED) is 0.0576. The minimum Gasteiger partial charge on any atom is -0.457 e. The topological polar surface area (TPSA) is 134 Å². The lowest BCUT2D eigenvalue weighted by atomic mass is 9.81. The first kappa shape index (κ1) is 51.2. The SMILES string of the molecule is CC1(C)C(/C=C/C2=C(Oc3ccc(CCC(=O)ON4C(=O)CCC4=O)cc3)C(=C/C=C3/N(CCC[N+](C)(C)C)c4ccccc4C3(C)C)/CCC2)=[N+](CCC[N+](C)(C)C)c2ccc(S(=O)(=O)O)cc21. The number of rotatable bonds is 18. The van der Waals surface area contributed by atoms with Gasteiger partial charge in [-0.15, -0.1) is 5.06 Å². The Labute approximate surface area is 409 Å². The first-order valence-corrected chi connectivity index (χ1v) is 25.7. The zero-order valence-electron chi connectivity index (χ0n) is 42.3. The molecule has 1 aliphatic carbocycles. The van der Waals surface area contributed by atoms with Gasteiger partial charge in [-0.2, -0.15) is 13.0 Å². The van der Waals surface area contributed by atoms with Gasteiger partial charge < -0.3 is 23.4 Å². The molecular formula is C55H72N5O8S+3. The third-order valence-electron chi connectivity index (χ3n) is 13.7. The Balaban J connectivity index is 1.26. The van der Waals surface area contributed by atoms with Crippen molar-refractivity contribution in [3.8, 4) is 5.75 Å². The number of hydroxylamine groups is 2. The van der Waals surface area contributed by atoms with Crippen molar-refractivity contribution in [3.05, 3.63) is 130 Å². The molecule has 3 aliphatic heterocycles. The number of fused-ring (bicyclic) bond motifs is 2. The van der Waals surface area contributed by atoms with Gasteiger partial charge in [0.1, 0.15) is 11.5 Å². The summed E-state index contributed by atoms with van der Waals surface area (Å²) in [5, 5.41) is 0.579. The minimum absolute atomic E-state index is 0.00595. The Hall–Kier alpha value is -5.67. The normalized spacial score (nSPS) is 19.4.